The molecule has 6 nitrogen and oxygen atoms in total. The number of carbonyl (C=O) groups is 1. The highest BCUT2D eigenvalue weighted by Crippen LogP contribution is 2.36. The number of para-hydroxylation sites is 1. The van der Waals surface area contributed by atoms with Crippen molar-refractivity contribution in [3.8, 4) is 11.5 Å². The molecule has 6 heteroatoms. The minimum absolute atomic E-state index is 0.110. The van der Waals surface area contributed by atoms with E-state index in [0.717, 1.165) is 23.6 Å². The highest BCUT2D eigenvalue weighted by Gasteiger charge is 2.29. The molecule has 0 radical (unpaired) electrons. The van der Waals surface area contributed by atoms with Gasteiger partial charge in [-0.15, -0.1) is 0 Å². The summed E-state index contributed by atoms with van der Waals surface area (Å²) in [7, 11) is 3.46. The van der Waals surface area contributed by atoms with Crippen LogP contribution in [0, 0.1) is 5.92 Å². The van der Waals surface area contributed by atoms with E-state index < -0.39 is 0 Å². The minimum atomic E-state index is -0.151. The van der Waals surface area contributed by atoms with Crippen molar-refractivity contribution in [2.45, 2.75) is 13.0 Å². The van der Waals surface area contributed by atoms with E-state index in [-0.39, 0.29) is 11.8 Å². The molecule has 1 atom stereocenters. The second kappa shape index (κ2) is 6.73. The van der Waals surface area contributed by atoms with Crippen molar-refractivity contribution in [1.29, 1.82) is 0 Å². The van der Waals surface area contributed by atoms with E-state index in [1.807, 2.05) is 36.0 Å². The average Bonchev–Trinajstić information content (AvgIpc) is 3.11. The fourth-order valence-electron chi connectivity index (χ4n) is 2.82. The maximum Gasteiger partial charge on any atom is 0.229 e. The van der Waals surface area contributed by atoms with Gasteiger partial charge in [0.2, 0.25) is 5.91 Å². The number of likely N-dealkylation sites (N-methyl/N-ethyl adjacent to an activating group) is 1. The second-order valence-corrected chi connectivity index (χ2v) is 5.72. The number of amides is 1. The van der Waals surface area contributed by atoms with Crippen LogP contribution in [-0.4, -0.2) is 47.7 Å². The third kappa shape index (κ3) is 3.31. The van der Waals surface area contributed by atoms with Crippen molar-refractivity contribution in [1.82, 2.24) is 14.5 Å². The molecular formula is C17H21N3O3. The summed E-state index contributed by atoms with van der Waals surface area (Å²) in [6.07, 6.45) is 6.07. The van der Waals surface area contributed by atoms with Gasteiger partial charge in [0, 0.05) is 32.5 Å². The molecule has 2 heterocycles. The topological polar surface area (TPSA) is 56.6 Å². The van der Waals surface area contributed by atoms with Gasteiger partial charge in [-0.1, -0.05) is 12.1 Å². The molecule has 1 aliphatic rings. The van der Waals surface area contributed by atoms with Crippen LogP contribution < -0.4 is 9.47 Å². The molecule has 1 aliphatic heterocycles. The van der Waals surface area contributed by atoms with Crippen LogP contribution in [0.15, 0.2) is 36.9 Å². The van der Waals surface area contributed by atoms with Crippen molar-refractivity contribution in [3.05, 3.63) is 42.5 Å². The van der Waals surface area contributed by atoms with Gasteiger partial charge in [-0.3, -0.25) is 4.79 Å². The van der Waals surface area contributed by atoms with Gasteiger partial charge in [-0.25, -0.2) is 4.98 Å². The van der Waals surface area contributed by atoms with Gasteiger partial charge in [0.05, 0.1) is 19.4 Å². The summed E-state index contributed by atoms with van der Waals surface area (Å²) in [6, 6.07) is 5.79. The SMILES string of the molecule is COc1cccc2c1OCC(C(=O)N(C)CCn1ccnc1)C2. The molecule has 0 spiro atoms. The molecule has 1 amide bonds. The van der Waals surface area contributed by atoms with Crippen molar-refractivity contribution >= 4 is 5.91 Å². The van der Waals surface area contributed by atoms with E-state index in [4.69, 9.17) is 9.47 Å². The zero-order chi connectivity index (χ0) is 16.2. The van der Waals surface area contributed by atoms with Crippen LogP contribution in [-0.2, 0) is 17.8 Å². The van der Waals surface area contributed by atoms with Crippen LogP contribution in [0.25, 0.3) is 0 Å². The third-order valence-electron chi connectivity index (χ3n) is 4.15. The second-order valence-electron chi connectivity index (χ2n) is 5.72. The zero-order valence-corrected chi connectivity index (χ0v) is 13.4. The van der Waals surface area contributed by atoms with E-state index in [9.17, 15) is 4.79 Å². The van der Waals surface area contributed by atoms with E-state index >= 15 is 0 Å². The van der Waals surface area contributed by atoms with Gasteiger partial charge in [-0.2, -0.15) is 0 Å². The maximum absolute atomic E-state index is 12.6. The van der Waals surface area contributed by atoms with Crippen LogP contribution in [0.3, 0.4) is 0 Å². The largest absolute Gasteiger partial charge is 0.493 e. The maximum atomic E-state index is 12.6. The number of fused-ring (bicyclic) bond motifs is 1. The quantitative estimate of drug-likeness (QED) is 0.841. The molecule has 0 N–H and O–H groups in total. The molecule has 1 aromatic carbocycles. The molecule has 3 rings (SSSR count). The summed E-state index contributed by atoms with van der Waals surface area (Å²) in [4.78, 5) is 18.4. The fourth-order valence-corrected chi connectivity index (χ4v) is 2.82. The first-order valence-electron chi connectivity index (χ1n) is 7.68. The standard InChI is InChI=1S/C17H21N3O3/c1-19(8-9-20-7-6-18-12-20)17(21)14-10-13-4-3-5-15(22-2)16(13)23-11-14/h3-7,12,14H,8-11H2,1-2H3. The molecule has 2 aromatic rings. The lowest BCUT2D eigenvalue weighted by atomic mass is 9.95. The lowest BCUT2D eigenvalue weighted by Gasteiger charge is -2.29. The summed E-state index contributed by atoms with van der Waals surface area (Å²) in [6.45, 7) is 1.78. The Morgan fingerprint density at radius 2 is 2.39 bits per heavy atom. The number of imidazole rings is 1. The molecular weight excluding hydrogens is 294 g/mol. The van der Waals surface area contributed by atoms with Gasteiger partial charge in [0.15, 0.2) is 11.5 Å². The molecule has 0 bridgehead atoms. The van der Waals surface area contributed by atoms with Gasteiger partial charge in [-0.05, 0) is 18.1 Å². The third-order valence-corrected chi connectivity index (χ3v) is 4.15. The van der Waals surface area contributed by atoms with Gasteiger partial charge in [0.1, 0.15) is 6.61 Å². The van der Waals surface area contributed by atoms with Crippen molar-refractivity contribution < 1.29 is 14.3 Å². The van der Waals surface area contributed by atoms with E-state index in [0.29, 0.717) is 19.6 Å². The Hall–Kier alpha value is -2.50. The summed E-state index contributed by atoms with van der Waals surface area (Å²) in [5, 5.41) is 0. The van der Waals surface area contributed by atoms with E-state index in [1.165, 1.54) is 0 Å². The highest BCUT2D eigenvalue weighted by molar-refractivity contribution is 5.79. The fraction of sp³-hybridized carbons (Fsp3) is 0.412. The van der Waals surface area contributed by atoms with Gasteiger partial charge in [0.25, 0.3) is 0 Å². The van der Waals surface area contributed by atoms with Crippen LogP contribution in [0.2, 0.25) is 0 Å². The molecule has 0 fully saturated rings. The number of benzene rings is 1. The molecule has 122 valence electrons. The molecule has 1 aromatic heterocycles. The van der Waals surface area contributed by atoms with E-state index in [1.54, 1.807) is 24.5 Å². The zero-order valence-electron chi connectivity index (χ0n) is 13.4. The Kier molecular flexibility index (Phi) is 4.50. The first kappa shape index (κ1) is 15.4. The molecule has 0 saturated heterocycles. The average molecular weight is 315 g/mol. The Morgan fingerprint density at radius 1 is 1.52 bits per heavy atom. The minimum Gasteiger partial charge on any atom is -0.493 e. The number of hydrogen-bond donors (Lipinski definition) is 0. The molecule has 0 aliphatic carbocycles. The van der Waals surface area contributed by atoms with Crippen molar-refractivity contribution in [2.75, 3.05) is 27.3 Å². The Morgan fingerprint density at radius 3 is 3.13 bits per heavy atom. The molecule has 0 saturated carbocycles. The lowest BCUT2D eigenvalue weighted by molar-refractivity contribution is -0.135. The predicted octanol–water partition coefficient (Wildman–Crippen LogP) is 1.60. The highest BCUT2D eigenvalue weighted by atomic mass is 16.5. The Bertz CT molecular complexity index is 670. The number of ether oxygens (including phenoxy) is 2. The van der Waals surface area contributed by atoms with Crippen LogP contribution in [0.5, 0.6) is 11.5 Å². The lowest BCUT2D eigenvalue weighted by Crippen LogP contribution is -2.40. The smallest absolute Gasteiger partial charge is 0.229 e. The summed E-state index contributed by atoms with van der Waals surface area (Å²) >= 11 is 0. The van der Waals surface area contributed by atoms with Crippen LogP contribution in [0.1, 0.15) is 5.56 Å². The number of methoxy groups -OCH3 is 1. The Labute approximate surface area is 135 Å². The first-order valence-corrected chi connectivity index (χ1v) is 7.68. The predicted molar refractivity (Wildman–Crippen MR) is 85.5 cm³/mol. The summed E-state index contributed by atoms with van der Waals surface area (Å²) < 4.78 is 13.1. The number of aromatic nitrogens is 2. The van der Waals surface area contributed by atoms with Gasteiger partial charge >= 0.3 is 0 Å². The van der Waals surface area contributed by atoms with Gasteiger partial charge < -0.3 is 18.9 Å². The first-order chi connectivity index (χ1) is 11.2. The monoisotopic (exact) mass is 315 g/mol. The summed E-state index contributed by atoms with van der Waals surface area (Å²) in [5.41, 5.74) is 1.02. The van der Waals surface area contributed by atoms with Crippen molar-refractivity contribution in [3.63, 3.8) is 0 Å². The number of rotatable bonds is 5. The number of nitrogens with zero attached hydrogens (tertiary/aromatic N) is 3. The normalized spacial score (nSPS) is 16.3. The number of carbonyl (C=O) groups excluding carboxylic acids is 1. The van der Waals surface area contributed by atoms with E-state index in [2.05, 4.69) is 4.98 Å². The molecule has 1 unspecified atom stereocenters. The van der Waals surface area contributed by atoms with Crippen LogP contribution >= 0.6 is 0 Å². The summed E-state index contributed by atoms with van der Waals surface area (Å²) in [5.74, 6) is 1.45. The van der Waals surface area contributed by atoms with Crippen LogP contribution in [0.4, 0.5) is 0 Å². The Balaban J connectivity index is 1.62. The number of hydrogen-bond acceptors (Lipinski definition) is 4. The molecule has 23 heavy (non-hydrogen) atoms. The van der Waals surface area contributed by atoms with Crippen molar-refractivity contribution in [2.24, 2.45) is 5.92 Å².